The van der Waals surface area contributed by atoms with E-state index >= 15 is 0 Å². The molecule has 2 aromatic rings. The van der Waals surface area contributed by atoms with Gasteiger partial charge in [-0.3, -0.25) is 9.59 Å². The highest BCUT2D eigenvalue weighted by molar-refractivity contribution is 6.02. The summed E-state index contributed by atoms with van der Waals surface area (Å²) in [5.41, 5.74) is 1.000. The van der Waals surface area contributed by atoms with Gasteiger partial charge >= 0.3 is 0 Å². The number of nitrogens with zero attached hydrogens (tertiary/aromatic N) is 1. The number of nitrogens with one attached hydrogen (secondary N) is 2. The van der Waals surface area contributed by atoms with Crippen molar-refractivity contribution >= 4 is 11.6 Å². The molecule has 0 aliphatic rings. The van der Waals surface area contributed by atoms with E-state index in [0.717, 1.165) is 6.20 Å². The molecule has 1 aromatic carbocycles. The van der Waals surface area contributed by atoms with Crippen LogP contribution in [0.25, 0.3) is 0 Å². The molecular weight excluding hydrogens is 234 g/mol. The quantitative estimate of drug-likeness (QED) is 0.734. The van der Waals surface area contributed by atoms with E-state index < -0.39 is 5.91 Å². The Bertz CT molecular complexity index is 601. The van der Waals surface area contributed by atoms with Crippen molar-refractivity contribution in [1.29, 1.82) is 0 Å². The van der Waals surface area contributed by atoms with Crippen LogP contribution in [-0.4, -0.2) is 21.0 Å². The zero-order valence-electron chi connectivity index (χ0n) is 9.38. The first-order valence-corrected chi connectivity index (χ1v) is 5.25. The van der Waals surface area contributed by atoms with Gasteiger partial charge in [0.2, 0.25) is 0 Å². The molecular formula is C12H11N3O3. The third-order valence-corrected chi connectivity index (χ3v) is 2.27. The van der Waals surface area contributed by atoms with Crippen LogP contribution in [0.15, 0.2) is 41.5 Å². The number of anilines is 1. The van der Waals surface area contributed by atoms with E-state index in [1.807, 2.05) is 0 Å². The van der Waals surface area contributed by atoms with Crippen LogP contribution < -0.4 is 10.9 Å². The van der Waals surface area contributed by atoms with Gasteiger partial charge < -0.3 is 15.4 Å². The van der Waals surface area contributed by atoms with Crippen molar-refractivity contribution in [2.24, 2.45) is 0 Å². The van der Waals surface area contributed by atoms with Crippen molar-refractivity contribution in [3.05, 3.63) is 58.3 Å². The first-order chi connectivity index (χ1) is 8.69. The zero-order valence-corrected chi connectivity index (χ0v) is 9.38. The first-order valence-electron chi connectivity index (χ1n) is 5.25. The normalized spacial score (nSPS) is 10.1. The van der Waals surface area contributed by atoms with Gasteiger partial charge in [-0.15, -0.1) is 0 Å². The Morgan fingerprint density at radius 1 is 1.44 bits per heavy atom. The summed E-state index contributed by atoms with van der Waals surface area (Å²) in [5.74, 6) is -0.429. The topological polar surface area (TPSA) is 95.1 Å². The van der Waals surface area contributed by atoms with Gasteiger partial charge in [-0.2, -0.15) is 0 Å². The molecule has 0 aliphatic carbocycles. The van der Waals surface area contributed by atoms with Crippen LogP contribution in [0.2, 0.25) is 0 Å². The Morgan fingerprint density at radius 2 is 2.28 bits per heavy atom. The first kappa shape index (κ1) is 12.0. The number of carbonyl (C=O) groups excluding carboxylic acids is 1. The predicted molar refractivity (Wildman–Crippen MR) is 65.2 cm³/mol. The lowest BCUT2D eigenvalue weighted by Crippen LogP contribution is -2.17. The molecule has 6 nitrogen and oxygen atoms in total. The predicted octanol–water partition coefficient (Wildman–Crippen LogP) is 0.514. The smallest absolute Gasteiger partial charge is 0.275 e. The van der Waals surface area contributed by atoms with E-state index in [2.05, 4.69) is 15.3 Å². The molecule has 6 heteroatoms. The fourth-order valence-corrected chi connectivity index (χ4v) is 1.41. The second-order valence-electron chi connectivity index (χ2n) is 3.61. The molecule has 1 aromatic heterocycles. The zero-order chi connectivity index (χ0) is 13.0. The van der Waals surface area contributed by atoms with Crippen molar-refractivity contribution in [3.63, 3.8) is 0 Å². The average molecular weight is 245 g/mol. The second-order valence-corrected chi connectivity index (χ2v) is 3.61. The number of H-pyrrole nitrogens is 1. The van der Waals surface area contributed by atoms with Crippen LogP contribution in [-0.2, 0) is 6.61 Å². The van der Waals surface area contributed by atoms with Crippen LogP contribution in [0.3, 0.4) is 0 Å². The van der Waals surface area contributed by atoms with Crippen LogP contribution in [0.4, 0.5) is 5.69 Å². The second kappa shape index (κ2) is 5.24. The maximum absolute atomic E-state index is 11.8. The van der Waals surface area contributed by atoms with Crippen molar-refractivity contribution in [3.8, 4) is 0 Å². The summed E-state index contributed by atoms with van der Waals surface area (Å²) in [5, 5.41) is 11.6. The summed E-state index contributed by atoms with van der Waals surface area (Å²) < 4.78 is 0. The van der Waals surface area contributed by atoms with Gasteiger partial charge in [-0.05, 0) is 17.7 Å². The number of hydrogen-bond acceptors (Lipinski definition) is 4. The van der Waals surface area contributed by atoms with Gasteiger partial charge in [0, 0.05) is 11.9 Å². The maximum atomic E-state index is 11.8. The van der Waals surface area contributed by atoms with Gasteiger partial charge in [0.1, 0.15) is 5.69 Å². The lowest BCUT2D eigenvalue weighted by atomic mass is 10.2. The van der Waals surface area contributed by atoms with E-state index in [-0.39, 0.29) is 17.9 Å². The number of aromatic nitrogens is 2. The Balaban J connectivity index is 2.15. The molecule has 0 bridgehead atoms. The number of hydrogen-bond donors (Lipinski definition) is 3. The standard InChI is InChI=1S/C12H11N3O3/c16-7-8-2-1-3-9(4-8)15-12(18)10-5-14-11(17)6-13-10/h1-6,16H,7H2,(H,14,17)(H,15,18). The fraction of sp³-hybridized carbons (Fsp3) is 0.0833. The molecule has 0 saturated carbocycles. The highest BCUT2D eigenvalue weighted by Gasteiger charge is 2.07. The lowest BCUT2D eigenvalue weighted by Gasteiger charge is -2.05. The molecule has 92 valence electrons. The van der Waals surface area contributed by atoms with E-state index in [1.165, 1.54) is 6.20 Å². The molecule has 0 atom stereocenters. The maximum Gasteiger partial charge on any atom is 0.275 e. The number of aliphatic hydroxyl groups excluding tert-OH is 1. The average Bonchev–Trinajstić information content (AvgIpc) is 2.39. The Hall–Kier alpha value is -2.47. The molecule has 0 saturated heterocycles. The molecule has 18 heavy (non-hydrogen) atoms. The van der Waals surface area contributed by atoms with Crippen molar-refractivity contribution in [2.75, 3.05) is 5.32 Å². The van der Waals surface area contributed by atoms with Crippen molar-refractivity contribution in [2.45, 2.75) is 6.61 Å². The highest BCUT2D eigenvalue weighted by Crippen LogP contribution is 2.11. The van der Waals surface area contributed by atoms with Crippen molar-refractivity contribution < 1.29 is 9.90 Å². The molecule has 1 heterocycles. The minimum absolute atomic E-state index is 0.0966. The fourth-order valence-electron chi connectivity index (χ4n) is 1.41. The molecule has 0 aliphatic heterocycles. The SMILES string of the molecule is O=C(Nc1cccc(CO)c1)c1c[nH]c(=O)cn1. The molecule has 0 fully saturated rings. The number of rotatable bonds is 3. The van der Waals surface area contributed by atoms with Gasteiger partial charge in [0.15, 0.2) is 0 Å². The Morgan fingerprint density at radius 3 is 2.94 bits per heavy atom. The number of amides is 1. The summed E-state index contributed by atoms with van der Waals surface area (Å²) in [6.07, 6.45) is 2.28. The van der Waals surface area contributed by atoms with E-state index in [0.29, 0.717) is 11.3 Å². The molecule has 0 radical (unpaired) electrons. The summed E-state index contributed by atoms with van der Waals surface area (Å²) in [4.78, 5) is 28.7. The molecule has 0 spiro atoms. The van der Waals surface area contributed by atoms with Crippen LogP contribution >= 0.6 is 0 Å². The largest absolute Gasteiger partial charge is 0.392 e. The van der Waals surface area contributed by atoms with E-state index in [4.69, 9.17) is 5.11 Å². The Labute approximate surface area is 102 Å². The Kier molecular flexibility index (Phi) is 3.49. The monoisotopic (exact) mass is 245 g/mol. The number of carbonyl (C=O) groups is 1. The minimum atomic E-state index is -0.429. The van der Waals surface area contributed by atoms with Gasteiger partial charge in [-0.1, -0.05) is 12.1 Å². The summed E-state index contributed by atoms with van der Waals surface area (Å²) in [6, 6.07) is 6.82. The molecule has 3 N–H and O–H groups in total. The number of aliphatic hydroxyl groups is 1. The third-order valence-electron chi connectivity index (χ3n) is 2.27. The molecule has 0 unspecified atom stereocenters. The van der Waals surface area contributed by atoms with E-state index in [1.54, 1.807) is 24.3 Å². The highest BCUT2D eigenvalue weighted by atomic mass is 16.3. The minimum Gasteiger partial charge on any atom is -0.392 e. The third kappa shape index (κ3) is 2.80. The van der Waals surface area contributed by atoms with Gasteiger partial charge in [0.25, 0.3) is 11.5 Å². The van der Waals surface area contributed by atoms with Crippen molar-refractivity contribution in [1.82, 2.24) is 9.97 Å². The van der Waals surface area contributed by atoms with Crippen LogP contribution in [0, 0.1) is 0 Å². The molecule has 2 rings (SSSR count). The lowest BCUT2D eigenvalue weighted by molar-refractivity contribution is 0.102. The molecule has 1 amide bonds. The summed E-state index contributed by atoms with van der Waals surface area (Å²) in [7, 11) is 0. The summed E-state index contributed by atoms with van der Waals surface area (Å²) >= 11 is 0. The summed E-state index contributed by atoms with van der Waals surface area (Å²) in [6.45, 7) is -0.0966. The van der Waals surface area contributed by atoms with E-state index in [9.17, 15) is 9.59 Å². The van der Waals surface area contributed by atoms with Gasteiger partial charge in [0.05, 0.1) is 12.8 Å². The number of aromatic amines is 1. The van der Waals surface area contributed by atoms with Gasteiger partial charge in [-0.25, -0.2) is 4.98 Å². The van der Waals surface area contributed by atoms with Crippen LogP contribution in [0.5, 0.6) is 0 Å². The number of benzene rings is 1. The van der Waals surface area contributed by atoms with Crippen LogP contribution in [0.1, 0.15) is 16.1 Å².